The lowest BCUT2D eigenvalue weighted by atomic mass is 10.3. The van der Waals surface area contributed by atoms with E-state index in [1.54, 1.807) is 19.1 Å². The zero-order chi connectivity index (χ0) is 14.0. The number of nitrogens with zero attached hydrogens (tertiary/aromatic N) is 1. The van der Waals surface area contributed by atoms with Crippen molar-refractivity contribution in [1.82, 2.24) is 4.98 Å². The first-order valence-corrected chi connectivity index (χ1v) is 8.16. The van der Waals surface area contributed by atoms with Crippen LogP contribution in [0.15, 0.2) is 12.1 Å². The molecule has 1 aromatic heterocycles. The maximum Gasteiger partial charge on any atom is 0.234 e. The summed E-state index contributed by atoms with van der Waals surface area (Å²) in [4.78, 5) is 4.24. The summed E-state index contributed by atoms with van der Waals surface area (Å²) in [6.07, 6.45) is 0.552. The first-order valence-electron chi connectivity index (χ1n) is 5.69. The molecule has 2 aromatic rings. The maximum atomic E-state index is 11.7. The fourth-order valence-corrected chi connectivity index (χ4v) is 3.95. The topological polar surface area (TPSA) is 94.3 Å². The molecule has 0 bridgehead atoms. The van der Waals surface area contributed by atoms with E-state index >= 15 is 0 Å². The zero-order valence-corrected chi connectivity index (χ0v) is 12.3. The van der Waals surface area contributed by atoms with E-state index in [2.05, 4.69) is 9.71 Å². The maximum absolute atomic E-state index is 11.7. The van der Waals surface area contributed by atoms with Crippen LogP contribution in [-0.4, -0.2) is 26.3 Å². The number of methoxy groups -OCH3 is 1. The average Bonchev–Trinajstić information content (AvgIpc) is 2.68. The number of nitrogens with one attached hydrogen (secondary N) is 1. The number of thiazole rings is 1. The summed E-state index contributed by atoms with van der Waals surface area (Å²) >= 11 is 1.23. The molecule has 0 spiro atoms. The van der Waals surface area contributed by atoms with Crippen molar-refractivity contribution < 1.29 is 13.2 Å². The van der Waals surface area contributed by atoms with Gasteiger partial charge < -0.3 is 10.5 Å². The van der Waals surface area contributed by atoms with E-state index in [0.717, 1.165) is 4.70 Å². The van der Waals surface area contributed by atoms with Gasteiger partial charge in [-0.1, -0.05) is 18.3 Å². The number of fused-ring (bicyclic) bond motifs is 1. The average molecular weight is 301 g/mol. The highest BCUT2D eigenvalue weighted by molar-refractivity contribution is 7.92. The molecule has 0 saturated heterocycles. The number of sulfonamides is 1. The number of aromatic nitrogens is 1. The molecule has 0 radical (unpaired) electrons. The van der Waals surface area contributed by atoms with Crippen LogP contribution in [0.4, 0.5) is 10.8 Å². The molecule has 1 aromatic carbocycles. The molecule has 0 aliphatic carbocycles. The number of rotatable bonds is 5. The van der Waals surface area contributed by atoms with Crippen molar-refractivity contribution >= 4 is 42.4 Å². The lowest BCUT2D eigenvalue weighted by molar-refractivity contribution is 0.419. The molecule has 0 atom stereocenters. The molecular formula is C11H15N3O3S2. The Balaban J connectivity index is 2.42. The van der Waals surface area contributed by atoms with Crippen LogP contribution in [0.1, 0.15) is 13.3 Å². The van der Waals surface area contributed by atoms with E-state index in [1.807, 2.05) is 0 Å². The van der Waals surface area contributed by atoms with Crippen molar-refractivity contribution in [2.24, 2.45) is 0 Å². The van der Waals surface area contributed by atoms with Gasteiger partial charge in [-0.15, -0.1) is 0 Å². The Morgan fingerprint density at radius 2 is 2.21 bits per heavy atom. The smallest absolute Gasteiger partial charge is 0.234 e. The predicted octanol–water partition coefficient (Wildman–Crippen LogP) is 2.04. The lowest BCUT2D eigenvalue weighted by Gasteiger charge is -2.02. The van der Waals surface area contributed by atoms with Crippen LogP contribution in [-0.2, 0) is 10.0 Å². The van der Waals surface area contributed by atoms with Gasteiger partial charge in [-0.2, -0.15) is 0 Å². The van der Waals surface area contributed by atoms with E-state index in [9.17, 15) is 8.42 Å². The Labute approximate surface area is 115 Å². The summed E-state index contributed by atoms with van der Waals surface area (Å²) < 4.78 is 31.8. The number of anilines is 2. The second-order valence-electron chi connectivity index (χ2n) is 4.01. The van der Waals surface area contributed by atoms with E-state index in [0.29, 0.717) is 28.5 Å². The van der Waals surface area contributed by atoms with E-state index in [1.165, 1.54) is 18.4 Å². The Kier molecular flexibility index (Phi) is 3.81. The first-order chi connectivity index (χ1) is 8.95. The highest BCUT2D eigenvalue weighted by Crippen LogP contribution is 2.34. The van der Waals surface area contributed by atoms with Crippen LogP contribution in [0.3, 0.4) is 0 Å². The predicted molar refractivity (Wildman–Crippen MR) is 78.3 cm³/mol. The number of hydrogen-bond donors (Lipinski definition) is 2. The second kappa shape index (κ2) is 5.22. The van der Waals surface area contributed by atoms with Crippen LogP contribution in [0, 0.1) is 0 Å². The molecule has 0 amide bonds. The van der Waals surface area contributed by atoms with Gasteiger partial charge in [0.15, 0.2) is 5.13 Å². The number of hydrogen-bond acceptors (Lipinski definition) is 6. The Hall–Kier alpha value is -1.54. The summed E-state index contributed by atoms with van der Waals surface area (Å²) in [6.45, 7) is 1.81. The SMILES string of the molecule is CCCS(=O)(=O)Nc1nc2c(OC)cc(N)cc2s1. The van der Waals surface area contributed by atoms with Crippen molar-refractivity contribution in [2.45, 2.75) is 13.3 Å². The van der Waals surface area contributed by atoms with Crippen LogP contribution in [0.25, 0.3) is 10.2 Å². The number of ether oxygens (including phenoxy) is 1. The minimum atomic E-state index is -3.34. The fraction of sp³-hybridized carbons (Fsp3) is 0.364. The fourth-order valence-electron chi connectivity index (χ4n) is 1.67. The molecule has 0 aliphatic heterocycles. The molecule has 2 rings (SSSR count). The summed E-state index contributed by atoms with van der Waals surface area (Å²) in [6, 6.07) is 3.40. The van der Waals surface area contributed by atoms with Gasteiger partial charge in [-0.3, -0.25) is 4.72 Å². The monoisotopic (exact) mass is 301 g/mol. The molecule has 3 N–H and O–H groups in total. The van der Waals surface area contributed by atoms with Gasteiger partial charge in [0.2, 0.25) is 10.0 Å². The number of nitrogens with two attached hydrogens (primary N) is 1. The van der Waals surface area contributed by atoms with Crippen molar-refractivity contribution in [1.29, 1.82) is 0 Å². The van der Waals surface area contributed by atoms with Gasteiger partial charge in [0.05, 0.1) is 17.6 Å². The third-order valence-corrected chi connectivity index (χ3v) is 4.91. The van der Waals surface area contributed by atoms with Gasteiger partial charge in [0, 0.05) is 11.8 Å². The Morgan fingerprint density at radius 1 is 1.47 bits per heavy atom. The second-order valence-corrected chi connectivity index (χ2v) is 6.88. The van der Waals surface area contributed by atoms with Crippen LogP contribution >= 0.6 is 11.3 Å². The summed E-state index contributed by atoms with van der Waals surface area (Å²) in [5.74, 6) is 0.606. The highest BCUT2D eigenvalue weighted by atomic mass is 32.2. The first kappa shape index (κ1) is 13.9. The normalized spacial score (nSPS) is 11.7. The van der Waals surface area contributed by atoms with Crippen LogP contribution < -0.4 is 15.2 Å². The van der Waals surface area contributed by atoms with Gasteiger partial charge in [0.25, 0.3) is 0 Å². The molecule has 19 heavy (non-hydrogen) atoms. The summed E-state index contributed by atoms with van der Waals surface area (Å²) in [5, 5.41) is 0.326. The molecule has 6 nitrogen and oxygen atoms in total. The van der Waals surface area contributed by atoms with Gasteiger partial charge in [-0.25, -0.2) is 13.4 Å². The lowest BCUT2D eigenvalue weighted by Crippen LogP contribution is -2.15. The molecule has 1 heterocycles. The number of nitrogen functional groups attached to an aromatic ring is 1. The van der Waals surface area contributed by atoms with Crippen molar-refractivity contribution in [3.05, 3.63) is 12.1 Å². The highest BCUT2D eigenvalue weighted by Gasteiger charge is 2.15. The standard InChI is InChI=1S/C11H15N3O3S2/c1-3-4-19(15,16)14-11-13-10-8(17-2)5-7(12)6-9(10)18-11/h5-6H,3-4,12H2,1-2H3,(H,13,14). The van der Waals surface area contributed by atoms with Gasteiger partial charge >= 0.3 is 0 Å². The minimum absolute atomic E-state index is 0.0716. The third-order valence-electron chi connectivity index (χ3n) is 2.42. The van der Waals surface area contributed by atoms with Crippen molar-refractivity contribution in [2.75, 3.05) is 23.3 Å². The van der Waals surface area contributed by atoms with Crippen molar-refractivity contribution in [3.8, 4) is 5.75 Å². The number of benzene rings is 1. The Bertz CT molecular complexity index is 695. The quantitative estimate of drug-likeness (QED) is 0.824. The summed E-state index contributed by atoms with van der Waals surface area (Å²) in [5.41, 5.74) is 6.90. The Morgan fingerprint density at radius 3 is 2.84 bits per heavy atom. The summed E-state index contributed by atoms with van der Waals surface area (Å²) in [7, 11) is -1.81. The van der Waals surface area contributed by atoms with E-state index in [4.69, 9.17) is 10.5 Å². The molecule has 8 heteroatoms. The van der Waals surface area contributed by atoms with Gasteiger partial charge in [-0.05, 0) is 12.5 Å². The zero-order valence-electron chi connectivity index (χ0n) is 10.6. The largest absolute Gasteiger partial charge is 0.494 e. The molecule has 104 valence electrons. The minimum Gasteiger partial charge on any atom is -0.494 e. The van der Waals surface area contributed by atoms with Crippen molar-refractivity contribution in [3.63, 3.8) is 0 Å². The molecule has 0 saturated carbocycles. The third kappa shape index (κ3) is 3.07. The van der Waals surface area contributed by atoms with Gasteiger partial charge in [0.1, 0.15) is 11.3 Å². The molecular weight excluding hydrogens is 286 g/mol. The van der Waals surface area contributed by atoms with E-state index in [-0.39, 0.29) is 5.75 Å². The molecule has 0 fully saturated rings. The van der Waals surface area contributed by atoms with E-state index < -0.39 is 10.0 Å². The van der Waals surface area contributed by atoms with Crippen LogP contribution in [0.5, 0.6) is 5.75 Å². The molecule has 0 aliphatic rings. The molecule has 0 unspecified atom stereocenters. The van der Waals surface area contributed by atoms with Crippen LogP contribution in [0.2, 0.25) is 0 Å².